The van der Waals surface area contributed by atoms with Gasteiger partial charge in [-0.25, -0.2) is 4.99 Å². The zero-order chi connectivity index (χ0) is 15.0. The van der Waals surface area contributed by atoms with Gasteiger partial charge in [-0.3, -0.25) is 0 Å². The molecule has 108 valence electrons. The van der Waals surface area contributed by atoms with Crippen LogP contribution in [0.15, 0.2) is 46.2 Å². The maximum Gasteiger partial charge on any atom is 0.124 e. The number of hydrogen-bond acceptors (Lipinski definition) is 4. The fourth-order valence-electron chi connectivity index (χ4n) is 1.49. The lowest BCUT2D eigenvalue weighted by Gasteiger charge is -2.12. The lowest BCUT2D eigenvalue weighted by molar-refractivity contribution is 0.282. The first kappa shape index (κ1) is 16.3. The average molecular weight is 295 g/mol. The van der Waals surface area contributed by atoms with Crippen LogP contribution in [0.2, 0.25) is 0 Å². The number of hydrogen-bond donors (Lipinski definition) is 2. The zero-order valence-electron chi connectivity index (χ0n) is 11.9. The third-order valence-corrected chi connectivity index (χ3v) is 2.90. The predicted octanol–water partition coefficient (Wildman–Crippen LogP) is 3.67. The van der Waals surface area contributed by atoms with E-state index in [0.29, 0.717) is 5.16 Å². The number of rotatable bonds is 6. The molecule has 0 aliphatic carbocycles. The first-order valence-corrected chi connectivity index (χ1v) is 6.56. The van der Waals surface area contributed by atoms with Gasteiger partial charge in [-0.15, -0.1) is 0 Å². The van der Waals surface area contributed by atoms with Crippen molar-refractivity contribution in [1.82, 2.24) is 0 Å². The summed E-state index contributed by atoms with van der Waals surface area (Å²) in [6.07, 6.45) is 5.12. The van der Waals surface area contributed by atoms with Crippen LogP contribution < -0.4 is 10.1 Å². The molecule has 0 atom stereocenters. The van der Waals surface area contributed by atoms with E-state index in [4.69, 9.17) is 16.3 Å². The molecular formula is C15H19ClN2O2. The fraction of sp³-hybridized carbons (Fsp3) is 0.267. The van der Waals surface area contributed by atoms with Crippen molar-refractivity contribution in [2.24, 2.45) is 4.99 Å². The van der Waals surface area contributed by atoms with Crippen molar-refractivity contribution in [2.45, 2.75) is 20.5 Å². The molecule has 20 heavy (non-hydrogen) atoms. The van der Waals surface area contributed by atoms with Gasteiger partial charge in [-0.05, 0) is 26.0 Å². The van der Waals surface area contributed by atoms with Crippen LogP contribution in [-0.4, -0.2) is 18.4 Å². The van der Waals surface area contributed by atoms with Gasteiger partial charge in [0.1, 0.15) is 10.9 Å². The van der Waals surface area contributed by atoms with Crippen molar-refractivity contribution in [3.05, 3.63) is 46.8 Å². The number of methoxy groups -OCH3 is 1. The third kappa shape index (κ3) is 5.07. The smallest absolute Gasteiger partial charge is 0.124 e. The van der Waals surface area contributed by atoms with E-state index in [9.17, 15) is 5.11 Å². The Hall–Kier alpha value is -1.78. The SMILES string of the molecule is CC=C(Cl)/N=C\C=C(/C)Nc1cc(OC)ccc1CO. The Morgan fingerprint density at radius 3 is 2.85 bits per heavy atom. The summed E-state index contributed by atoms with van der Waals surface area (Å²) in [5.41, 5.74) is 2.46. The molecule has 0 unspecified atom stereocenters. The largest absolute Gasteiger partial charge is 0.497 e. The molecule has 5 heteroatoms. The molecule has 1 aromatic rings. The van der Waals surface area contributed by atoms with Gasteiger partial charge in [-0.2, -0.15) is 0 Å². The number of allylic oxidation sites excluding steroid dienone is 3. The molecule has 0 aliphatic heterocycles. The monoisotopic (exact) mass is 294 g/mol. The van der Waals surface area contributed by atoms with Gasteiger partial charge in [0.05, 0.1) is 13.7 Å². The van der Waals surface area contributed by atoms with E-state index in [1.807, 2.05) is 32.0 Å². The molecule has 1 aromatic carbocycles. The molecule has 4 nitrogen and oxygen atoms in total. The molecule has 0 aromatic heterocycles. The van der Waals surface area contributed by atoms with Gasteiger partial charge in [0, 0.05) is 29.2 Å². The van der Waals surface area contributed by atoms with Crippen LogP contribution in [0.25, 0.3) is 0 Å². The number of aliphatic hydroxyl groups excluding tert-OH is 1. The topological polar surface area (TPSA) is 53.9 Å². The quantitative estimate of drug-likeness (QED) is 0.622. The Morgan fingerprint density at radius 1 is 1.50 bits per heavy atom. The molecule has 0 fully saturated rings. The summed E-state index contributed by atoms with van der Waals surface area (Å²) in [6.45, 7) is 3.67. The standard InChI is InChI=1S/C15H19ClN2O2/c1-4-15(16)17-8-7-11(2)18-14-9-13(20-3)6-5-12(14)10-19/h4-9,18-19H,10H2,1-3H3/b11-7+,15-4?,17-8-. The summed E-state index contributed by atoms with van der Waals surface area (Å²) in [6, 6.07) is 5.46. The van der Waals surface area contributed by atoms with Crippen LogP contribution in [0.3, 0.4) is 0 Å². The molecule has 0 heterocycles. The van der Waals surface area contributed by atoms with Crippen LogP contribution in [-0.2, 0) is 6.61 Å². The van der Waals surface area contributed by atoms with Gasteiger partial charge in [0.15, 0.2) is 0 Å². The van der Waals surface area contributed by atoms with E-state index in [0.717, 1.165) is 22.7 Å². The van der Waals surface area contributed by atoms with Crippen molar-refractivity contribution < 1.29 is 9.84 Å². The molecule has 0 spiro atoms. The normalized spacial score (nSPS) is 12.8. The van der Waals surface area contributed by atoms with Gasteiger partial charge in [0.2, 0.25) is 0 Å². The highest BCUT2D eigenvalue weighted by molar-refractivity contribution is 6.29. The van der Waals surface area contributed by atoms with E-state index in [1.165, 1.54) is 0 Å². The van der Waals surface area contributed by atoms with Crippen LogP contribution in [0, 0.1) is 0 Å². The molecule has 0 aliphatic rings. The lowest BCUT2D eigenvalue weighted by Crippen LogP contribution is -2.01. The van der Waals surface area contributed by atoms with Crippen molar-refractivity contribution in [1.29, 1.82) is 0 Å². The van der Waals surface area contributed by atoms with Crippen LogP contribution in [0.5, 0.6) is 5.75 Å². The molecule has 1 rings (SSSR count). The summed E-state index contributed by atoms with van der Waals surface area (Å²) in [4.78, 5) is 4.01. The van der Waals surface area contributed by atoms with Gasteiger partial charge in [0.25, 0.3) is 0 Å². The third-order valence-electron chi connectivity index (χ3n) is 2.58. The zero-order valence-corrected chi connectivity index (χ0v) is 12.6. The maximum atomic E-state index is 9.32. The number of benzene rings is 1. The predicted molar refractivity (Wildman–Crippen MR) is 84.4 cm³/mol. The molecule has 0 radical (unpaired) electrons. The van der Waals surface area contributed by atoms with E-state index in [1.54, 1.807) is 25.5 Å². The first-order valence-electron chi connectivity index (χ1n) is 6.18. The minimum Gasteiger partial charge on any atom is -0.497 e. The minimum absolute atomic E-state index is 0.0436. The lowest BCUT2D eigenvalue weighted by atomic mass is 10.1. The van der Waals surface area contributed by atoms with Crippen LogP contribution in [0.4, 0.5) is 5.69 Å². The van der Waals surface area contributed by atoms with Crippen LogP contribution >= 0.6 is 11.6 Å². The molecule has 0 amide bonds. The number of anilines is 1. The van der Waals surface area contributed by atoms with E-state index in [-0.39, 0.29) is 6.61 Å². The van der Waals surface area contributed by atoms with E-state index >= 15 is 0 Å². The number of halogens is 1. The molecule has 0 bridgehead atoms. The highest BCUT2D eigenvalue weighted by Gasteiger charge is 2.03. The Kier molecular flexibility index (Phi) is 6.84. The average Bonchev–Trinajstić information content (AvgIpc) is 2.46. The Balaban J connectivity index is 2.86. The highest BCUT2D eigenvalue weighted by Crippen LogP contribution is 2.23. The highest BCUT2D eigenvalue weighted by atomic mass is 35.5. The van der Waals surface area contributed by atoms with Crippen molar-refractivity contribution in [3.63, 3.8) is 0 Å². The number of nitrogens with one attached hydrogen (secondary N) is 1. The summed E-state index contributed by atoms with van der Waals surface area (Å²) < 4.78 is 5.17. The number of aliphatic imine (C=N–C) groups is 1. The minimum atomic E-state index is -0.0436. The maximum absolute atomic E-state index is 9.32. The van der Waals surface area contributed by atoms with Crippen LogP contribution in [0.1, 0.15) is 19.4 Å². The van der Waals surface area contributed by atoms with Gasteiger partial charge >= 0.3 is 0 Å². The summed E-state index contributed by atoms with van der Waals surface area (Å²) in [5.74, 6) is 0.725. The molecule has 0 saturated heterocycles. The fourth-order valence-corrected chi connectivity index (χ4v) is 1.54. The summed E-state index contributed by atoms with van der Waals surface area (Å²) >= 11 is 5.76. The number of nitrogens with zero attached hydrogens (tertiary/aromatic N) is 1. The number of ether oxygens (including phenoxy) is 1. The van der Waals surface area contributed by atoms with Crippen molar-refractivity contribution in [2.75, 3.05) is 12.4 Å². The Morgan fingerprint density at radius 2 is 2.25 bits per heavy atom. The summed E-state index contributed by atoms with van der Waals surface area (Å²) in [7, 11) is 1.60. The van der Waals surface area contributed by atoms with E-state index in [2.05, 4.69) is 10.3 Å². The van der Waals surface area contributed by atoms with Gasteiger partial charge in [-0.1, -0.05) is 23.7 Å². The molecule has 2 N–H and O–H groups in total. The second kappa shape index (κ2) is 8.40. The second-order valence-corrected chi connectivity index (χ2v) is 4.43. The molecular weight excluding hydrogens is 276 g/mol. The van der Waals surface area contributed by atoms with Crippen molar-refractivity contribution >= 4 is 23.5 Å². The Bertz CT molecular complexity index is 537. The molecule has 0 saturated carbocycles. The van der Waals surface area contributed by atoms with Gasteiger partial charge < -0.3 is 15.2 Å². The van der Waals surface area contributed by atoms with Crippen molar-refractivity contribution in [3.8, 4) is 5.75 Å². The number of aliphatic hydroxyl groups is 1. The van der Waals surface area contributed by atoms with E-state index < -0.39 is 0 Å². The Labute approximate surface area is 124 Å². The first-order chi connectivity index (χ1) is 9.60. The second-order valence-electron chi connectivity index (χ2n) is 4.05. The summed E-state index contributed by atoms with van der Waals surface area (Å²) in [5, 5.41) is 13.0.